The lowest BCUT2D eigenvalue weighted by atomic mass is 10.1. The van der Waals surface area contributed by atoms with Crippen LogP contribution in [0.1, 0.15) is 53.3 Å². The van der Waals surface area contributed by atoms with Crippen LogP contribution in [0.5, 0.6) is 23.0 Å². The largest absolute Gasteiger partial charge is 0.493 e. The molecule has 2 N–H and O–H groups in total. The number of carbonyl (C=O) groups excluding carboxylic acids is 5. The minimum Gasteiger partial charge on any atom is -0.493 e. The maximum atomic E-state index is 13.9. The Kier molecular flexibility index (Phi) is 12.3. The van der Waals surface area contributed by atoms with E-state index in [0.29, 0.717) is 75.6 Å². The Morgan fingerprint density at radius 2 is 1.48 bits per heavy atom. The lowest BCUT2D eigenvalue weighted by molar-refractivity contribution is -0.121. The number of benzene rings is 5. The van der Waals surface area contributed by atoms with E-state index in [1.54, 1.807) is 53.6 Å². The van der Waals surface area contributed by atoms with E-state index in [-0.39, 0.29) is 49.9 Å². The zero-order valence-corrected chi connectivity index (χ0v) is 34.8. The molecule has 15 nitrogen and oxygen atoms in total. The van der Waals surface area contributed by atoms with Crippen LogP contribution in [0.25, 0.3) is 0 Å². The van der Waals surface area contributed by atoms with Gasteiger partial charge in [-0.05, 0) is 71.1 Å². The molecule has 0 fully saturated rings. The van der Waals surface area contributed by atoms with Gasteiger partial charge in [0.1, 0.15) is 19.5 Å². The van der Waals surface area contributed by atoms with Crippen molar-refractivity contribution in [2.24, 2.45) is 9.98 Å². The zero-order valence-electron chi connectivity index (χ0n) is 34.8. The Morgan fingerprint density at radius 1 is 0.810 bits per heavy atom. The van der Waals surface area contributed by atoms with E-state index < -0.39 is 11.8 Å². The second kappa shape index (κ2) is 18.4. The predicted molar refractivity (Wildman–Crippen MR) is 237 cm³/mol. The molecule has 1 unspecified atom stereocenters. The second-order valence-corrected chi connectivity index (χ2v) is 15.1. The molecule has 0 aliphatic carbocycles. The van der Waals surface area contributed by atoms with Gasteiger partial charge < -0.3 is 39.3 Å². The highest BCUT2D eigenvalue weighted by Crippen LogP contribution is 2.41. The molecule has 0 bridgehead atoms. The van der Waals surface area contributed by atoms with Crippen LogP contribution in [0.4, 0.5) is 22.7 Å². The summed E-state index contributed by atoms with van der Waals surface area (Å²) >= 11 is 0. The number of carbonyl (C=O) groups is 5. The molecule has 5 aromatic rings. The van der Waals surface area contributed by atoms with Gasteiger partial charge in [0.25, 0.3) is 11.8 Å². The fourth-order valence-electron chi connectivity index (χ4n) is 7.98. The first-order chi connectivity index (χ1) is 30.7. The highest BCUT2D eigenvalue weighted by Gasteiger charge is 2.36. The summed E-state index contributed by atoms with van der Waals surface area (Å²) in [6.45, 7) is -0.633. The Balaban J connectivity index is 1.04. The summed E-state index contributed by atoms with van der Waals surface area (Å²) in [5, 5.41) is 4.98. The van der Waals surface area contributed by atoms with E-state index >= 15 is 0 Å². The Hall–Kier alpha value is -7.81. The standard InChI is InChI=1S/C48H44N6O9/c1-53-35(17-31-8-4-6-10-40(31)53)23-50-38-21-44(42(60-2)19-34(38)26-56)62-27-29-14-30(16-33(15-29)47(58)52-25-46(57)49-12-13-55)28-63-45-22-39-37(20-43(45)61-3)48(59)54-36(24-51-39)18-32-9-5-7-11-41(32)54/h4-11,13-16,19-24,26,35-36H,12,17-18,25,27-28H2,1-3H3,(H,49,57)(H,52,58)/t35?,36-/m0/s1. The van der Waals surface area contributed by atoms with Gasteiger partial charge in [0.05, 0.1) is 56.3 Å². The fraction of sp³-hybridized carbons (Fsp3) is 0.229. The number of fused-ring (bicyclic) bond motifs is 5. The minimum atomic E-state index is -0.555. The number of aldehydes is 2. The molecule has 3 aliphatic rings. The highest BCUT2D eigenvalue weighted by molar-refractivity contribution is 6.14. The number of rotatable bonds is 16. The van der Waals surface area contributed by atoms with Crippen LogP contribution in [0.2, 0.25) is 0 Å². The maximum Gasteiger partial charge on any atom is 0.261 e. The molecule has 5 aromatic carbocycles. The molecule has 3 aliphatic heterocycles. The number of ether oxygens (including phenoxy) is 4. The number of aliphatic imine (C=N–C) groups is 2. The molecule has 320 valence electrons. The van der Waals surface area contributed by atoms with Crippen LogP contribution in [0.15, 0.2) is 101 Å². The van der Waals surface area contributed by atoms with Crippen LogP contribution in [-0.2, 0) is 35.6 Å². The molecule has 0 saturated heterocycles. The number of anilines is 2. The van der Waals surface area contributed by atoms with Gasteiger partial charge in [-0.3, -0.25) is 34.1 Å². The van der Waals surface area contributed by atoms with Crippen LogP contribution >= 0.6 is 0 Å². The Bertz CT molecular complexity index is 2680. The summed E-state index contributed by atoms with van der Waals surface area (Å²) in [7, 11) is 4.96. The molecule has 3 amide bonds. The van der Waals surface area contributed by atoms with Crippen molar-refractivity contribution in [1.82, 2.24) is 10.6 Å². The van der Waals surface area contributed by atoms with Crippen molar-refractivity contribution in [3.05, 3.63) is 130 Å². The van der Waals surface area contributed by atoms with E-state index in [1.807, 2.05) is 49.7 Å². The van der Waals surface area contributed by atoms with Gasteiger partial charge in [-0.1, -0.05) is 36.4 Å². The average Bonchev–Trinajstić information content (AvgIpc) is 3.81. The number of hydrogen-bond donors (Lipinski definition) is 2. The third kappa shape index (κ3) is 8.84. The predicted octanol–water partition coefficient (Wildman–Crippen LogP) is 5.77. The Morgan fingerprint density at radius 3 is 2.16 bits per heavy atom. The molecule has 3 heterocycles. The molecule has 2 atom stereocenters. The molecule has 63 heavy (non-hydrogen) atoms. The van der Waals surface area contributed by atoms with Crippen molar-refractivity contribution in [2.75, 3.05) is 44.2 Å². The summed E-state index contributed by atoms with van der Waals surface area (Å²) < 4.78 is 23.9. The average molecular weight is 849 g/mol. The monoisotopic (exact) mass is 848 g/mol. The van der Waals surface area contributed by atoms with E-state index in [2.05, 4.69) is 27.7 Å². The van der Waals surface area contributed by atoms with E-state index in [9.17, 15) is 24.0 Å². The van der Waals surface area contributed by atoms with Crippen molar-refractivity contribution in [2.45, 2.75) is 38.1 Å². The van der Waals surface area contributed by atoms with Crippen molar-refractivity contribution < 1.29 is 42.9 Å². The molecule has 0 radical (unpaired) electrons. The van der Waals surface area contributed by atoms with Crippen molar-refractivity contribution in [3.8, 4) is 23.0 Å². The molecular weight excluding hydrogens is 805 g/mol. The van der Waals surface area contributed by atoms with Crippen LogP contribution in [0.3, 0.4) is 0 Å². The summed E-state index contributed by atoms with van der Waals surface area (Å²) in [4.78, 5) is 75.9. The zero-order chi connectivity index (χ0) is 44.0. The van der Waals surface area contributed by atoms with Gasteiger partial charge in [0, 0.05) is 60.5 Å². The van der Waals surface area contributed by atoms with E-state index in [0.717, 1.165) is 23.4 Å². The molecule has 0 spiro atoms. The second-order valence-electron chi connectivity index (χ2n) is 15.1. The third-order valence-corrected chi connectivity index (χ3v) is 11.1. The smallest absolute Gasteiger partial charge is 0.261 e. The fourth-order valence-corrected chi connectivity index (χ4v) is 7.98. The number of nitrogens with one attached hydrogen (secondary N) is 2. The summed E-state index contributed by atoms with van der Waals surface area (Å²) in [5.41, 5.74) is 7.10. The van der Waals surface area contributed by atoms with E-state index in [4.69, 9.17) is 28.9 Å². The van der Waals surface area contributed by atoms with Crippen LogP contribution in [0, 0.1) is 0 Å². The summed E-state index contributed by atoms with van der Waals surface area (Å²) in [6, 6.07) is 27.2. The Labute approximate surface area is 363 Å². The first-order valence-corrected chi connectivity index (χ1v) is 20.2. The maximum absolute atomic E-state index is 13.9. The van der Waals surface area contributed by atoms with Crippen molar-refractivity contribution >= 4 is 65.5 Å². The number of hydrogen-bond acceptors (Lipinski definition) is 12. The molecule has 8 rings (SSSR count). The molecule has 0 saturated carbocycles. The lowest BCUT2D eigenvalue weighted by Crippen LogP contribution is -2.37. The SMILES string of the molecule is COc1cc(C=O)c(N=CC2Cc3ccccc3N2C)cc1OCc1cc(COc2cc3c(cc2OC)C(=O)N2c4ccccc4C[C@H]2C=N3)cc(C(=O)NCC(=O)NCC=O)c1. The van der Waals surface area contributed by atoms with Gasteiger partial charge in [0.15, 0.2) is 29.3 Å². The topological polar surface area (TPSA) is 178 Å². The summed E-state index contributed by atoms with van der Waals surface area (Å²) in [6.07, 6.45) is 6.28. The third-order valence-electron chi connectivity index (χ3n) is 11.1. The number of methoxy groups -OCH3 is 2. The van der Waals surface area contributed by atoms with Gasteiger partial charge >= 0.3 is 0 Å². The number of likely N-dealkylation sites (N-methyl/N-ethyl adjacent to an activating group) is 1. The van der Waals surface area contributed by atoms with Gasteiger partial charge in [-0.15, -0.1) is 0 Å². The molecule has 0 aromatic heterocycles. The number of amides is 3. The highest BCUT2D eigenvalue weighted by atomic mass is 16.5. The normalized spacial score (nSPS) is 15.8. The van der Waals surface area contributed by atoms with Crippen LogP contribution in [-0.4, -0.2) is 89.2 Å². The van der Waals surface area contributed by atoms with Crippen molar-refractivity contribution in [1.29, 1.82) is 0 Å². The number of nitrogens with zero attached hydrogens (tertiary/aromatic N) is 4. The number of para-hydroxylation sites is 2. The minimum absolute atomic E-state index is 0.0177. The van der Waals surface area contributed by atoms with Gasteiger partial charge in [-0.2, -0.15) is 0 Å². The quantitative estimate of drug-likeness (QED) is 0.0916. The van der Waals surface area contributed by atoms with Crippen molar-refractivity contribution in [3.63, 3.8) is 0 Å². The molecule has 15 heteroatoms. The van der Waals surface area contributed by atoms with Gasteiger partial charge in [-0.25, -0.2) is 0 Å². The van der Waals surface area contributed by atoms with Crippen LogP contribution < -0.4 is 39.4 Å². The van der Waals surface area contributed by atoms with E-state index in [1.165, 1.54) is 19.8 Å². The lowest BCUT2D eigenvalue weighted by Gasteiger charge is -2.22. The van der Waals surface area contributed by atoms with Gasteiger partial charge in [0.2, 0.25) is 5.91 Å². The molecular formula is C48H44N6O9. The first kappa shape index (κ1) is 41.9. The first-order valence-electron chi connectivity index (χ1n) is 20.2. The summed E-state index contributed by atoms with van der Waals surface area (Å²) in [5.74, 6) is -0.0323.